The summed E-state index contributed by atoms with van der Waals surface area (Å²) in [6.45, 7) is 0.646. The van der Waals surface area contributed by atoms with Crippen LogP contribution in [0.5, 0.6) is 5.75 Å². The molecule has 2 aromatic carbocycles. The second-order valence-corrected chi connectivity index (χ2v) is 6.51. The standard InChI is InChI=1S/C20H17ClN4O/c1-25-18(14-4-8-16(26)9-5-14)10-17-19(23-12-24-20(17)25)22-11-13-2-6-15(21)7-3-13/h2-10,12,26H,11H2,1H3,(H,22,23,24). The van der Waals surface area contributed by atoms with Crippen molar-refractivity contribution in [3.8, 4) is 17.0 Å². The SMILES string of the molecule is Cn1c(-c2ccc(O)cc2)cc2c(NCc3ccc(Cl)cc3)ncnc21. The highest BCUT2D eigenvalue weighted by molar-refractivity contribution is 6.30. The van der Waals surface area contributed by atoms with Gasteiger partial charge in [0, 0.05) is 18.6 Å². The number of rotatable bonds is 4. The van der Waals surface area contributed by atoms with Gasteiger partial charge in [0.1, 0.15) is 23.5 Å². The van der Waals surface area contributed by atoms with Crippen LogP contribution in [0.3, 0.4) is 0 Å². The molecule has 0 unspecified atom stereocenters. The van der Waals surface area contributed by atoms with Gasteiger partial charge in [-0.3, -0.25) is 0 Å². The van der Waals surface area contributed by atoms with Gasteiger partial charge in [-0.2, -0.15) is 0 Å². The van der Waals surface area contributed by atoms with E-state index in [2.05, 4.69) is 21.4 Å². The molecule has 0 atom stereocenters. The van der Waals surface area contributed by atoms with E-state index in [1.54, 1.807) is 18.5 Å². The fraction of sp³-hybridized carbons (Fsp3) is 0.100. The highest BCUT2D eigenvalue weighted by Gasteiger charge is 2.13. The summed E-state index contributed by atoms with van der Waals surface area (Å²) in [6, 6.07) is 16.9. The van der Waals surface area contributed by atoms with Crippen molar-refractivity contribution in [3.63, 3.8) is 0 Å². The van der Waals surface area contributed by atoms with Crippen LogP contribution in [0, 0.1) is 0 Å². The molecular weight excluding hydrogens is 348 g/mol. The number of hydrogen-bond donors (Lipinski definition) is 2. The monoisotopic (exact) mass is 364 g/mol. The van der Waals surface area contributed by atoms with Gasteiger partial charge in [0.25, 0.3) is 0 Å². The Kier molecular flexibility index (Phi) is 4.22. The van der Waals surface area contributed by atoms with Gasteiger partial charge < -0.3 is 15.0 Å². The number of aromatic nitrogens is 3. The van der Waals surface area contributed by atoms with Crippen LogP contribution in [0.2, 0.25) is 5.02 Å². The highest BCUT2D eigenvalue weighted by Crippen LogP contribution is 2.30. The van der Waals surface area contributed by atoms with Gasteiger partial charge >= 0.3 is 0 Å². The number of aryl methyl sites for hydroxylation is 1. The maximum atomic E-state index is 9.50. The van der Waals surface area contributed by atoms with E-state index in [0.717, 1.165) is 38.7 Å². The van der Waals surface area contributed by atoms with E-state index in [1.165, 1.54) is 0 Å². The zero-order chi connectivity index (χ0) is 18.1. The Morgan fingerprint density at radius 2 is 1.77 bits per heavy atom. The maximum absolute atomic E-state index is 9.50. The minimum Gasteiger partial charge on any atom is -0.508 e. The second-order valence-electron chi connectivity index (χ2n) is 6.08. The number of hydrogen-bond acceptors (Lipinski definition) is 4. The summed E-state index contributed by atoms with van der Waals surface area (Å²) in [7, 11) is 1.97. The van der Waals surface area contributed by atoms with Crippen molar-refractivity contribution in [1.82, 2.24) is 14.5 Å². The predicted molar refractivity (Wildman–Crippen MR) is 104 cm³/mol. The van der Waals surface area contributed by atoms with Crippen LogP contribution in [0.25, 0.3) is 22.3 Å². The average Bonchev–Trinajstić information content (AvgIpc) is 2.99. The lowest BCUT2D eigenvalue weighted by molar-refractivity contribution is 0.475. The van der Waals surface area contributed by atoms with E-state index in [9.17, 15) is 5.11 Å². The molecule has 2 heterocycles. The molecule has 6 heteroatoms. The van der Waals surface area contributed by atoms with Crippen LogP contribution >= 0.6 is 11.6 Å². The van der Waals surface area contributed by atoms with Crippen molar-refractivity contribution in [2.24, 2.45) is 7.05 Å². The lowest BCUT2D eigenvalue weighted by Crippen LogP contribution is -2.02. The van der Waals surface area contributed by atoms with E-state index < -0.39 is 0 Å². The summed E-state index contributed by atoms with van der Waals surface area (Å²) in [6.07, 6.45) is 1.56. The normalized spacial score (nSPS) is 11.0. The first-order valence-corrected chi connectivity index (χ1v) is 8.58. The summed E-state index contributed by atoms with van der Waals surface area (Å²) >= 11 is 5.94. The molecule has 5 nitrogen and oxygen atoms in total. The van der Waals surface area contributed by atoms with Gasteiger partial charge in [-0.05, 0) is 53.6 Å². The Hall–Kier alpha value is -3.05. The highest BCUT2D eigenvalue weighted by atomic mass is 35.5. The minimum absolute atomic E-state index is 0.248. The van der Waals surface area contributed by atoms with Crippen molar-refractivity contribution >= 4 is 28.5 Å². The average molecular weight is 365 g/mol. The zero-order valence-corrected chi connectivity index (χ0v) is 14.9. The van der Waals surface area contributed by atoms with Gasteiger partial charge in [-0.15, -0.1) is 0 Å². The van der Waals surface area contributed by atoms with Gasteiger partial charge in [0.2, 0.25) is 0 Å². The van der Waals surface area contributed by atoms with Crippen LogP contribution in [-0.2, 0) is 13.6 Å². The van der Waals surface area contributed by atoms with Crippen molar-refractivity contribution in [3.05, 3.63) is 71.5 Å². The van der Waals surface area contributed by atoms with Crippen molar-refractivity contribution < 1.29 is 5.11 Å². The fourth-order valence-corrected chi connectivity index (χ4v) is 3.10. The molecule has 0 amide bonds. The smallest absolute Gasteiger partial charge is 0.145 e. The first-order chi connectivity index (χ1) is 12.6. The molecule has 0 spiro atoms. The zero-order valence-electron chi connectivity index (χ0n) is 14.1. The van der Waals surface area contributed by atoms with Crippen LogP contribution in [0.15, 0.2) is 60.9 Å². The lowest BCUT2D eigenvalue weighted by atomic mass is 10.1. The van der Waals surface area contributed by atoms with E-state index in [1.807, 2.05) is 48.0 Å². The molecule has 0 bridgehead atoms. The number of fused-ring (bicyclic) bond motifs is 1. The molecular formula is C20H17ClN4O. The molecule has 0 aliphatic heterocycles. The Morgan fingerprint density at radius 1 is 1.04 bits per heavy atom. The van der Waals surface area contributed by atoms with Gasteiger partial charge in [-0.25, -0.2) is 9.97 Å². The molecule has 0 saturated carbocycles. The van der Waals surface area contributed by atoms with Crippen LogP contribution < -0.4 is 5.32 Å². The Balaban J connectivity index is 1.68. The second kappa shape index (κ2) is 6.69. The third-order valence-electron chi connectivity index (χ3n) is 4.36. The molecule has 0 aliphatic carbocycles. The number of benzene rings is 2. The molecule has 4 aromatic rings. The third kappa shape index (κ3) is 3.09. The minimum atomic E-state index is 0.248. The molecule has 26 heavy (non-hydrogen) atoms. The van der Waals surface area contributed by atoms with Crippen molar-refractivity contribution in [2.75, 3.05) is 5.32 Å². The fourth-order valence-electron chi connectivity index (χ4n) is 2.97. The van der Waals surface area contributed by atoms with Crippen molar-refractivity contribution in [2.45, 2.75) is 6.54 Å². The Labute approximate surface area is 155 Å². The summed E-state index contributed by atoms with van der Waals surface area (Å²) < 4.78 is 2.02. The summed E-state index contributed by atoms with van der Waals surface area (Å²) in [5.74, 6) is 1.03. The molecule has 130 valence electrons. The predicted octanol–water partition coefficient (Wildman–Crippen LogP) is 4.61. The molecule has 2 N–H and O–H groups in total. The summed E-state index contributed by atoms with van der Waals surface area (Å²) in [4.78, 5) is 8.82. The first-order valence-electron chi connectivity index (χ1n) is 8.20. The molecule has 0 fully saturated rings. The van der Waals surface area contributed by atoms with E-state index in [0.29, 0.717) is 6.54 Å². The number of halogens is 1. The van der Waals surface area contributed by atoms with Gasteiger partial charge in [0.05, 0.1) is 11.1 Å². The number of phenolic OH excluding ortho intramolecular Hbond substituents is 1. The van der Waals surface area contributed by atoms with Crippen LogP contribution in [-0.4, -0.2) is 19.6 Å². The number of nitrogens with one attached hydrogen (secondary N) is 1. The van der Waals surface area contributed by atoms with Crippen LogP contribution in [0.4, 0.5) is 5.82 Å². The number of phenols is 1. The molecule has 0 saturated heterocycles. The van der Waals surface area contributed by atoms with Gasteiger partial charge in [-0.1, -0.05) is 23.7 Å². The summed E-state index contributed by atoms with van der Waals surface area (Å²) in [5.41, 5.74) is 3.99. The quantitative estimate of drug-likeness (QED) is 0.555. The number of aromatic hydroxyl groups is 1. The van der Waals surface area contributed by atoms with E-state index >= 15 is 0 Å². The Bertz CT molecular complexity index is 1060. The van der Waals surface area contributed by atoms with E-state index in [4.69, 9.17) is 11.6 Å². The number of anilines is 1. The maximum Gasteiger partial charge on any atom is 0.145 e. The van der Waals surface area contributed by atoms with E-state index in [-0.39, 0.29) is 5.75 Å². The van der Waals surface area contributed by atoms with Crippen LogP contribution in [0.1, 0.15) is 5.56 Å². The largest absolute Gasteiger partial charge is 0.508 e. The Morgan fingerprint density at radius 3 is 2.50 bits per heavy atom. The molecule has 0 radical (unpaired) electrons. The molecule has 4 rings (SSSR count). The molecule has 0 aliphatic rings. The topological polar surface area (TPSA) is 63.0 Å². The van der Waals surface area contributed by atoms with Gasteiger partial charge in [0.15, 0.2) is 0 Å². The molecule has 2 aromatic heterocycles. The lowest BCUT2D eigenvalue weighted by Gasteiger charge is -2.07. The summed E-state index contributed by atoms with van der Waals surface area (Å²) in [5, 5.41) is 14.6. The van der Waals surface area contributed by atoms with Crippen molar-refractivity contribution in [1.29, 1.82) is 0 Å². The third-order valence-corrected chi connectivity index (χ3v) is 4.61. The number of nitrogens with zero attached hydrogens (tertiary/aromatic N) is 3. The first kappa shape index (κ1) is 16.4.